The van der Waals surface area contributed by atoms with Crippen molar-refractivity contribution in [3.63, 3.8) is 0 Å². The average Bonchev–Trinajstić information content (AvgIpc) is 2.76. The number of benzene rings is 2. The summed E-state index contributed by atoms with van der Waals surface area (Å²) in [5, 5.41) is 5.79. The van der Waals surface area contributed by atoms with Crippen LogP contribution in [0.4, 0.5) is 5.69 Å². The molecule has 29 heavy (non-hydrogen) atoms. The number of nitrogens with zero attached hydrogens (tertiary/aromatic N) is 1. The van der Waals surface area contributed by atoms with Crippen molar-refractivity contribution in [2.24, 2.45) is 0 Å². The normalized spacial score (nSPS) is 15.1. The lowest BCUT2D eigenvalue weighted by Crippen LogP contribution is -2.51. The van der Waals surface area contributed by atoms with E-state index in [9.17, 15) is 9.59 Å². The SMILES string of the molecule is CCCNC(=O)[C@@H]1CN(CC(=O)NCc2ccccc2OC)c2ccccc2O1. The molecule has 1 aliphatic rings. The van der Waals surface area contributed by atoms with Crippen molar-refractivity contribution in [2.45, 2.75) is 26.0 Å². The third kappa shape index (κ3) is 5.19. The van der Waals surface area contributed by atoms with Gasteiger partial charge in [-0.1, -0.05) is 37.3 Å². The molecular weight excluding hydrogens is 370 g/mol. The van der Waals surface area contributed by atoms with Crippen LogP contribution in [0, 0.1) is 0 Å². The van der Waals surface area contributed by atoms with Gasteiger partial charge in [0, 0.05) is 18.7 Å². The molecule has 0 saturated heterocycles. The number of fused-ring (bicyclic) bond motifs is 1. The third-order valence-corrected chi connectivity index (χ3v) is 4.71. The molecule has 154 valence electrons. The van der Waals surface area contributed by atoms with Crippen molar-refractivity contribution in [3.8, 4) is 11.5 Å². The van der Waals surface area contributed by atoms with Crippen molar-refractivity contribution in [3.05, 3.63) is 54.1 Å². The lowest BCUT2D eigenvalue weighted by Gasteiger charge is -2.35. The lowest BCUT2D eigenvalue weighted by atomic mass is 10.1. The number of methoxy groups -OCH3 is 1. The van der Waals surface area contributed by atoms with Gasteiger partial charge in [-0.15, -0.1) is 0 Å². The van der Waals surface area contributed by atoms with Crippen LogP contribution >= 0.6 is 0 Å². The Morgan fingerprint density at radius 2 is 1.90 bits per heavy atom. The molecule has 0 unspecified atom stereocenters. The zero-order valence-corrected chi connectivity index (χ0v) is 16.8. The van der Waals surface area contributed by atoms with Crippen LogP contribution in [0.1, 0.15) is 18.9 Å². The van der Waals surface area contributed by atoms with Gasteiger partial charge < -0.3 is 25.0 Å². The molecule has 2 N–H and O–H groups in total. The summed E-state index contributed by atoms with van der Waals surface area (Å²) in [6.07, 6.45) is 0.197. The monoisotopic (exact) mass is 397 g/mol. The Labute approximate surface area is 171 Å². The largest absolute Gasteiger partial charge is 0.496 e. The Morgan fingerprint density at radius 3 is 2.69 bits per heavy atom. The number of amides is 2. The summed E-state index contributed by atoms with van der Waals surface area (Å²) in [6.45, 7) is 3.41. The highest BCUT2D eigenvalue weighted by atomic mass is 16.5. The van der Waals surface area contributed by atoms with Gasteiger partial charge in [-0.05, 0) is 24.6 Å². The van der Waals surface area contributed by atoms with Crippen molar-refractivity contribution in [1.82, 2.24) is 10.6 Å². The maximum atomic E-state index is 12.6. The Morgan fingerprint density at radius 1 is 1.14 bits per heavy atom. The number of carbonyl (C=O) groups is 2. The summed E-state index contributed by atoms with van der Waals surface area (Å²) in [5.74, 6) is 1.03. The van der Waals surface area contributed by atoms with E-state index in [-0.39, 0.29) is 18.4 Å². The van der Waals surface area contributed by atoms with Gasteiger partial charge in [0.2, 0.25) is 5.91 Å². The first kappa shape index (κ1) is 20.5. The molecule has 0 aromatic heterocycles. The van der Waals surface area contributed by atoms with Crippen molar-refractivity contribution in [2.75, 3.05) is 31.6 Å². The first-order valence-corrected chi connectivity index (χ1v) is 9.79. The van der Waals surface area contributed by atoms with Gasteiger partial charge in [0.05, 0.1) is 25.9 Å². The molecule has 0 saturated carbocycles. The highest BCUT2D eigenvalue weighted by Gasteiger charge is 2.31. The number of anilines is 1. The van der Waals surface area contributed by atoms with E-state index in [0.29, 0.717) is 25.4 Å². The molecule has 0 radical (unpaired) electrons. The van der Waals surface area contributed by atoms with Gasteiger partial charge in [-0.25, -0.2) is 0 Å². The number of ether oxygens (including phenoxy) is 2. The first-order chi connectivity index (χ1) is 14.1. The van der Waals surface area contributed by atoms with E-state index in [1.165, 1.54) is 0 Å². The van der Waals surface area contributed by atoms with Crippen LogP contribution in [-0.4, -0.2) is 44.7 Å². The van der Waals surface area contributed by atoms with Crippen LogP contribution in [0.25, 0.3) is 0 Å². The van der Waals surface area contributed by atoms with Crippen LogP contribution in [0.15, 0.2) is 48.5 Å². The van der Waals surface area contributed by atoms with E-state index in [2.05, 4.69) is 10.6 Å². The Balaban J connectivity index is 1.66. The molecule has 3 rings (SSSR count). The fourth-order valence-electron chi connectivity index (χ4n) is 3.23. The molecule has 7 nitrogen and oxygen atoms in total. The molecule has 0 fully saturated rings. The Kier molecular flexibility index (Phi) is 6.94. The summed E-state index contributed by atoms with van der Waals surface area (Å²) < 4.78 is 11.2. The number of nitrogens with one attached hydrogen (secondary N) is 2. The van der Waals surface area contributed by atoms with Crippen LogP contribution in [-0.2, 0) is 16.1 Å². The second-order valence-corrected chi connectivity index (χ2v) is 6.83. The van der Waals surface area contributed by atoms with Gasteiger partial charge in [0.15, 0.2) is 6.10 Å². The quantitative estimate of drug-likeness (QED) is 0.713. The maximum absolute atomic E-state index is 12.6. The summed E-state index contributed by atoms with van der Waals surface area (Å²) in [5.41, 5.74) is 1.71. The zero-order chi connectivity index (χ0) is 20.6. The van der Waals surface area contributed by atoms with E-state index >= 15 is 0 Å². The fraction of sp³-hybridized carbons (Fsp3) is 0.364. The lowest BCUT2D eigenvalue weighted by molar-refractivity contribution is -0.128. The van der Waals surface area contributed by atoms with Crippen LogP contribution in [0.5, 0.6) is 11.5 Å². The maximum Gasteiger partial charge on any atom is 0.262 e. The predicted molar refractivity (Wildman–Crippen MR) is 111 cm³/mol. The van der Waals surface area contributed by atoms with Gasteiger partial charge in [-0.3, -0.25) is 9.59 Å². The molecule has 0 bridgehead atoms. The standard InChI is InChI=1S/C22H27N3O4/c1-3-12-23-22(27)20-14-25(17-9-5-7-11-19(17)29-20)15-21(26)24-13-16-8-4-6-10-18(16)28-2/h4-11,20H,3,12-15H2,1-2H3,(H,23,27)(H,24,26)/t20-/m0/s1. The number of carbonyl (C=O) groups excluding carboxylic acids is 2. The van der Waals surface area contributed by atoms with Crippen LogP contribution < -0.4 is 25.0 Å². The molecule has 1 atom stereocenters. The molecule has 0 spiro atoms. The topological polar surface area (TPSA) is 79.9 Å². The zero-order valence-electron chi connectivity index (χ0n) is 16.8. The van der Waals surface area contributed by atoms with E-state index in [1.54, 1.807) is 7.11 Å². The number of para-hydroxylation sites is 3. The highest BCUT2D eigenvalue weighted by molar-refractivity contribution is 5.86. The highest BCUT2D eigenvalue weighted by Crippen LogP contribution is 2.32. The molecule has 2 aromatic rings. The molecule has 1 heterocycles. The van der Waals surface area contributed by atoms with Gasteiger partial charge in [0.1, 0.15) is 11.5 Å². The van der Waals surface area contributed by atoms with E-state index in [4.69, 9.17) is 9.47 Å². The number of rotatable bonds is 8. The second-order valence-electron chi connectivity index (χ2n) is 6.83. The predicted octanol–water partition coefficient (Wildman–Crippen LogP) is 2.11. The summed E-state index contributed by atoms with van der Waals surface area (Å²) in [4.78, 5) is 26.9. The van der Waals surface area contributed by atoms with Gasteiger partial charge >= 0.3 is 0 Å². The summed E-state index contributed by atoms with van der Waals surface area (Å²) >= 11 is 0. The molecule has 1 aliphatic heterocycles. The summed E-state index contributed by atoms with van der Waals surface area (Å²) in [7, 11) is 1.61. The smallest absolute Gasteiger partial charge is 0.262 e. The van der Waals surface area contributed by atoms with Crippen molar-refractivity contribution >= 4 is 17.5 Å². The minimum absolute atomic E-state index is 0.132. The van der Waals surface area contributed by atoms with E-state index in [1.807, 2.05) is 60.4 Å². The average molecular weight is 397 g/mol. The van der Waals surface area contributed by atoms with Crippen LogP contribution in [0.3, 0.4) is 0 Å². The minimum atomic E-state index is -0.654. The molecule has 2 amide bonds. The van der Waals surface area contributed by atoms with Gasteiger partial charge in [0.25, 0.3) is 5.91 Å². The molecule has 2 aromatic carbocycles. The van der Waals surface area contributed by atoms with E-state index in [0.717, 1.165) is 23.4 Å². The third-order valence-electron chi connectivity index (χ3n) is 4.71. The van der Waals surface area contributed by atoms with Crippen LogP contribution in [0.2, 0.25) is 0 Å². The van der Waals surface area contributed by atoms with Gasteiger partial charge in [-0.2, -0.15) is 0 Å². The second kappa shape index (κ2) is 9.82. The Hall–Kier alpha value is -3.22. The van der Waals surface area contributed by atoms with Crippen molar-refractivity contribution < 1.29 is 19.1 Å². The van der Waals surface area contributed by atoms with Crippen molar-refractivity contribution in [1.29, 1.82) is 0 Å². The molecular formula is C22H27N3O4. The summed E-state index contributed by atoms with van der Waals surface area (Å²) in [6, 6.07) is 15.0. The Bertz CT molecular complexity index is 855. The first-order valence-electron chi connectivity index (χ1n) is 9.79. The number of hydrogen-bond donors (Lipinski definition) is 2. The molecule has 0 aliphatic carbocycles. The fourth-order valence-corrected chi connectivity index (χ4v) is 3.23. The molecule has 7 heteroatoms. The van der Waals surface area contributed by atoms with E-state index < -0.39 is 6.10 Å². The minimum Gasteiger partial charge on any atom is -0.496 e. The number of hydrogen-bond acceptors (Lipinski definition) is 5.